The van der Waals surface area contributed by atoms with Crippen LogP contribution >= 0.6 is 23.2 Å². The first-order valence-electron chi connectivity index (χ1n) is 7.79. The zero-order chi connectivity index (χ0) is 20.5. The smallest absolute Gasteiger partial charge is 0.189 e. The molecule has 0 radical (unpaired) electrons. The summed E-state index contributed by atoms with van der Waals surface area (Å²) in [5, 5.41) is -1.52. The van der Waals surface area contributed by atoms with Crippen molar-refractivity contribution in [2.24, 2.45) is 0 Å². The summed E-state index contributed by atoms with van der Waals surface area (Å²) in [6.07, 6.45) is 1.48. The van der Waals surface area contributed by atoms with Crippen LogP contribution in [0.25, 0.3) is 0 Å². The zero-order valence-corrected chi connectivity index (χ0v) is 16.3. The van der Waals surface area contributed by atoms with Gasteiger partial charge in [-0.05, 0) is 54.1 Å². The molecule has 1 heterocycles. The van der Waals surface area contributed by atoms with Gasteiger partial charge < -0.3 is 0 Å². The van der Waals surface area contributed by atoms with E-state index in [1.165, 1.54) is 24.3 Å². The monoisotopic (exact) mass is 441 g/mol. The van der Waals surface area contributed by atoms with E-state index in [4.69, 9.17) is 23.2 Å². The fourth-order valence-corrected chi connectivity index (χ4v) is 4.95. The molecule has 9 heteroatoms. The van der Waals surface area contributed by atoms with Gasteiger partial charge in [-0.2, -0.15) is 0 Å². The molecule has 0 spiro atoms. The van der Waals surface area contributed by atoms with Gasteiger partial charge in [-0.3, -0.25) is 9.78 Å². The molecule has 28 heavy (non-hydrogen) atoms. The number of hydrogen-bond donors (Lipinski definition) is 0. The SMILES string of the molecule is O=Cc1cc(C(c2cc(F)ccc2F)S(=O)(=O)c2ccc(Cl)cc2)c(Cl)cn1. The lowest BCUT2D eigenvalue weighted by Gasteiger charge is -2.21. The van der Waals surface area contributed by atoms with E-state index < -0.39 is 32.3 Å². The summed E-state index contributed by atoms with van der Waals surface area (Å²) in [5.74, 6) is -1.77. The average Bonchev–Trinajstić information content (AvgIpc) is 2.66. The van der Waals surface area contributed by atoms with E-state index in [-0.39, 0.29) is 21.2 Å². The molecule has 0 saturated carbocycles. The van der Waals surface area contributed by atoms with Crippen LogP contribution in [-0.4, -0.2) is 19.7 Å². The van der Waals surface area contributed by atoms with E-state index in [0.717, 1.165) is 30.5 Å². The minimum Gasteiger partial charge on any atom is -0.296 e. The van der Waals surface area contributed by atoms with Crippen molar-refractivity contribution in [3.63, 3.8) is 0 Å². The molecule has 144 valence electrons. The third-order valence-corrected chi connectivity index (χ3v) is 6.63. The van der Waals surface area contributed by atoms with Gasteiger partial charge in [0.2, 0.25) is 0 Å². The quantitative estimate of drug-likeness (QED) is 0.520. The Hall–Kier alpha value is -2.35. The van der Waals surface area contributed by atoms with Gasteiger partial charge in [0.25, 0.3) is 0 Å². The number of pyridine rings is 1. The number of carbonyl (C=O) groups is 1. The Morgan fingerprint density at radius 2 is 1.64 bits per heavy atom. The number of benzene rings is 2. The predicted octanol–water partition coefficient (Wildman–Crippen LogP) is 5.04. The molecule has 3 rings (SSSR count). The van der Waals surface area contributed by atoms with Crippen molar-refractivity contribution < 1.29 is 22.0 Å². The fourth-order valence-electron chi connectivity index (χ4n) is 2.71. The Labute approximate surface area is 169 Å². The fraction of sp³-hybridized carbons (Fsp3) is 0.0526. The Bertz CT molecular complexity index is 1150. The molecule has 3 aromatic rings. The van der Waals surface area contributed by atoms with Crippen molar-refractivity contribution in [2.45, 2.75) is 10.1 Å². The van der Waals surface area contributed by atoms with Crippen LogP contribution in [0.5, 0.6) is 0 Å². The Morgan fingerprint density at radius 3 is 2.29 bits per heavy atom. The molecule has 0 bridgehead atoms. The minimum absolute atomic E-state index is 0.0989. The minimum atomic E-state index is -4.30. The Balaban J connectivity index is 2.34. The molecule has 2 aromatic carbocycles. The van der Waals surface area contributed by atoms with Crippen LogP contribution in [0.2, 0.25) is 10.0 Å². The number of sulfone groups is 1. The molecule has 0 saturated heterocycles. The van der Waals surface area contributed by atoms with Gasteiger partial charge in [-0.15, -0.1) is 0 Å². The lowest BCUT2D eigenvalue weighted by Crippen LogP contribution is -2.18. The third kappa shape index (κ3) is 3.92. The number of halogens is 4. The normalized spacial score (nSPS) is 12.6. The predicted molar refractivity (Wildman–Crippen MR) is 101 cm³/mol. The summed E-state index contributed by atoms with van der Waals surface area (Å²) in [6.45, 7) is 0. The van der Waals surface area contributed by atoms with Crippen LogP contribution in [0.1, 0.15) is 26.9 Å². The van der Waals surface area contributed by atoms with Crippen LogP contribution in [0.4, 0.5) is 8.78 Å². The molecular formula is C19H11Cl2F2NO3S. The van der Waals surface area contributed by atoms with Gasteiger partial charge in [0.15, 0.2) is 16.1 Å². The van der Waals surface area contributed by atoms with Gasteiger partial charge in [0, 0.05) is 16.8 Å². The van der Waals surface area contributed by atoms with E-state index in [2.05, 4.69) is 4.98 Å². The lowest BCUT2D eigenvalue weighted by atomic mass is 10.0. The highest BCUT2D eigenvalue weighted by atomic mass is 35.5. The summed E-state index contributed by atoms with van der Waals surface area (Å²) in [6, 6.07) is 8.83. The maximum absolute atomic E-state index is 14.5. The van der Waals surface area contributed by atoms with Crippen LogP contribution in [0, 0.1) is 11.6 Å². The second-order valence-electron chi connectivity index (χ2n) is 5.79. The van der Waals surface area contributed by atoms with Gasteiger partial charge >= 0.3 is 0 Å². The highest BCUT2D eigenvalue weighted by molar-refractivity contribution is 7.92. The van der Waals surface area contributed by atoms with Gasteiger partial charge in [0.05, 0.1) is 9.92 Å². The van der Waals surface area contributed by atoms with Crippen LogP contribution < -0.4 is 0 Å². The lowest BCUT2D eigenvalue weighted by molar-refractivity contribution is 0.111. The molecule has 0 aliphatic heterocycles. The molecular weight excluding hydrogens is 431 g/mol. The topological polar surface area (TPSA) is 64.1 Å². The Kier molecular flexibility index (Phi) is 5.79. The summed E-state index contributed by atoms with van der Waals surface area (Å²) in [4.78, 5) is 14.7. The molecule has 0 N–H and O–H groups in total. The number of carbonyl (C=O) groups excluding carboxylic acids is 1. The zero-order valence-electron chi connectivity index (χ0n) is 13.9. The van der Waals surface area contributed by atoms with Crippen LogP contribution in [0.3, 0.4) is 0 Å². The first kappa shape index (κ1) is 20.4. The second-order valence-corrected chi connectivity index (χ2v) is 8.67. The molecule has 0 fully saturated rings. The van der Waals surface area contributed by atoms with Crippen molar-refractivity contribution >= 4 is 39.3 Å². The summed E-state index contributed by atoms with van der Waals surface area (Å²) < 4.78 is 55.1. The van der Waals surface area contributed by atoms with Gasteiger partial charge in [-0.1, -0.05) is 23.2 Å². The highest BCUT2D eigenvalue weighted by Crippen LogP contribution is 2.39. The largest absolute Gasteiger partial charge is 0.296 e. The molecule has 0 aliphatic rings. The second kappa shape index (κ2) is 7.95. The first-order valence-corrected chi connectivity index (χ1v) is 10.1. The number of nitrogens with zero attached hydrogens (tertiary/aromatic N) is 1. The van der Waals surface area contributed by atoms with Crippen molar-refractivity contribution in [1.82, 2.24) is 4.98 Å². The maximum Gasteiger partial charge on any atom is 0.189 e. The van der Waals surface area contributed by atoms with Gasteiger partial charge in [0.1, 0.15) is 22.6 Å². The molecule has 1 aromatic heterocycles. The number of hydrogen-bond acceptors (Lipinski definition) is 4. The van der Waals surface area contributed by atoms with Crippen molar-refractivity contribution in [3.05, 3.63) is 93.2 Å². The molecule has 0 aliphatic carbocycles. The van der Waals surface area contributed by atoms with Crippen molar-refractivity contribution in [2.75, 3.05) is 0 Å². The Morgan fingerprint density at radius 1 is 0.964 bits per heavy atom. The molecule has 1 atom stereocenters. The molecule has 0 amide bonds. The average molecular weight is 442 g/mol. The van der Waals surface area contributed by atoms with Crippen LogP contribution in [-0.2, 0) is 9.84 Å². The van der Waals surface area contributed by atoms with E-state index in [1.54, 1.807) is 0 Å². The van der Waals surface area contributed by atoms with E-state index >= 15 is 0 Å². The highest BCUT2D eigenvalue weighted by Gasteiger charge is 2.35. The third-order valence-electron chi connectivity index (χ3n) is 4.00. The summed E-state index contributed by atoms with van der Waals surface area (Å²) in [7, 11) is -4.30. The molecule has 1 unspecified atom stereocenters. The van der Waals surface area contributed by atoms with E-state index in [9.17, 15) is 22.0 Å². The maximum atomic E-state index is 14.5. The van der Waals surface area contributed by atoms with Crippen molar-refractivity contribution in [3.8, 4) is 0 Å². The van der Waals surface area contributed by atoms with Crippen molar-refractivity contribution in [1.29, 1.82) is 0 Å². The first-order chi connectivity index (χ1) is 13.2. The van der Waals surface area contributed by atoms with Gasteiger partial charge in [-0.25, -0.2) is 17.2 Å². The summed E-state index contributed by atoms with van der Waals surface area (Å²) >= 11 is 11.9. The van der Waals surface area contributed by atoms with E-state index in [0.29, 0.717) is 11.3 Å². The summed E-state index contributed by atoms with van der Waals surface area (Å²) in [5.41, 5.74) is -0.648. The van der Waals surface area contributed by atoms with Crippen LogP contribution in [0.15, 0.2) is 59.6 Å². The molecule has 4 nitrogen and oxygen atoms in total. The number of rotatable bonds is 5. The van der Waals surface area contributed by atoms with E-state index in [1.807, 2.05) is 0 Å². The number of aldehydes is 1. The number of aromatic nitrogens is 1. The standard InChI is InChI=1S/C19H11Cl2F2NO3S/c20-11-1-4-14(5-2-11)28(26,27)19(16-7-12(22)3-6-18(16)23)15-8-13(10-25)24-9-17(15)21/h1-10,19H.